The first-order valence-corrected chi connectivity index (χ1v) is 11.9. The fourth-order valence-electron chi connectivity index (χ4n) is 3.51. The molecular formula is C28H30N4O5. The quantitative estimate of drug-likeness (QED) is 0.221. The number of methoxy groups -OCH3 is 1. The molecule has 192 valence electrons. The lowest BCUT2D eigenvalue weighted by Crippen LogP contribution is -2.32. The molecule has 0 fully saturated rings. The zero-order valence-electron chi connectivity index (χ0n) is 21.0. The van der Waals surface area contributed by atoms with Crippen molar-refractivity contribution < 1.29 is 23.9 Å². The van der Waals surface area contributed by atoms with E-state index in [1.165, 1.54) is 13.3 Å². The summed E-state index contributed by atoms with van der Waals surface area (Å²) in [5.41, 5.74) is 6.08. The molecule has 0 aliphatic carbocycles. The minimum absolute atomic E-state index is 0.200. The Morgan fingerprint density at radius 3 is 2.05 bits per heavy atom. The van der Waals surface area contributed by atoms with Crippen molar-refractivity contribution in [1.29, 1.82) is 0 Å². The lowest BCUT2D eigenvalue weighted by molar-refractivity contribution is -0.136. The molecule has 0 unspecified atom stereocenters. The van der Waals surface area contributed by atoms with E-state index >= 15 is 0 Å². The zero-order chi connectivity index (χ0) is 26.6. The molecule has 3 N–H and O–H groups in total. The molecule has 0 heterocycles. The second kappa shape index (κ2) is 13.4. The van der Waals surface area contributed by atoms with Gasteiger partial charge in [-0.3, -0.25) is 14.4 Å². The number of ether oxygens (including phenoxy) is 2. The highest BCUT2D eigenvalue weighted by Gasteiger charge is 2.14. The van der Waals surface area contributed by atoms with Crippen LogP contribution in [-0.2, 0) is 27.2 Å². The van der Waals surface area contributed by atoms with Gasteiger partial charge in [0, 0.05) is 11.4 Å². The van der Waals surface area contributed by atoms with Gasteiger partial charge in [-0.25, -0.2) is 5.43 Å². The molecule has 37 heavy (non-hydrogen) atoms. The van der Waals surface area contributed by atoms with Gasteiger partial charge in [-0.2, -0.15) is 5.10 Å². The van der Waals surface area contributed by atoms with Crippen LogP contribution in [0.5, 0.6) is 11.5 Å². The molecule has 9 nitrogen and oxygen atoms in total. The van der Waals surface area contributed by atoms with E-state index in [1.807, 2.05) is 50.2 Å². The third kappa shape index (κ3) is 7.66. The Kier molecular flexibility index (Phi) is 9.78. The van der Waals surface area contributed by atoms with E-state index in [1.54, 1.807) is 30.3 Å². The van der Waals surface area contributed by atoms with Gasteiger partial charge in [-0.05, 0) is 59.9 Å². The number of hydrogen-bond acceptors (Lipinski definition) is 6. The number of para-hydroxylation sites is 2. The maximum absolute atomic E-state index is 12.4. The molecule has 0 bridgehead atoms. The number of carbonyl (C=O) groups is 3. The van der Waals surface area contributed by atoms with Crippen LogP contribution in [0.3, 0.4) is 0 Å². The topological polar surface area (TPSA) is 118 Å². The molecule has 3 amide bonds. The molecule has 0 spiro atoms. The summed E-state index contributed by atoms with van der Waals surface area (Å²) in [6.07, 6.45) is 2.88. The predicted octanol–water partition coefficient (Wildman–Crippen LogP) is 3.93. The van der Waals surface area contributed by atoms with E-state index in [0.717, 1.165) is 29.7 Å². The first-order valence-electron chi connectivity index (χ1n) is 11.9. The first kappa shape index (κ1) is 26.9. The van der Waals surface area contributed by atoms with Gasteiger partial charge in [0.2, 0.25) is 0 Å². The number of hydrogen-bond donors (Lipinski definition) is 3. The van der Waals surface area contributed by atoms with Gasteiger partial charge in [-0.1, -0.05) is 50.2 Å². The SMILES string of the molecule is CCc1ccccc1NC(=O)COc1ccc(/C=N\NC(=O)C(=O)Nc2ccccc2CC)cc1OC. The van der Waals surface area contributed by atoms with Crippen molar-refractivity contribution in [3.63, 3.8) is 0 Å². The number of anilines is 2. The summed E-state index contributed by atoms with van der Waals surface area (Å²) < 4.78 is 11.0. The number of carbonyl (C=O) groups excluding carboxylic acids is 3. The monoisotopic (exact) mass is 502 g/mol. The van der Waals surface area contributed by atoms with Crippen LogP contribution in [0.25, 0.3) is 0 Å². The fraction of sp³-hybridized carbons (Fsp3) is 0.214. The summed E-state index contributed by atoms with van der Waals surface area (Å²) in [6, 6.07) is 19.8. The van der Waals surface area contributed by atoms with Crippen molar-refractivity contribution in [3.8, 4) is 11.5 Å². The average Bonchev–Trinajstić information content (AvgIpc) is 2.92. The second-order valence-corrected chi connectivity index (χ2v) is 7.92. The van der Waals surface area contributed by atoms with Crippen LogP contribution >= 0.6 is 0 Å². The van der Waals surface area contributed by atoms with Crippen molar-refractivity contribution >= 4 is 35.3 Å². The van der Waals surface area contributed by atoms with Gasteiger partial charge in [0.1, 0.15) is 0 Å². The number of rotatable bonds is 10. The summed E-state index contributed by atoms with van der Waals surface area (Å²) >= 11 is 0. The van der Waals surface area contributed by atoms with Crippen LogP contribution in [0.2, 0.25) is 0 Å². The summed E-state index contributed by atoms with van der Waals surface area (Å²) in [5.74, 6) is -1.26. The number of benzene rings is 3. The minimum atomic E-state index is -0.898. The number of amides is 3. The molecule has 0 aliphatic heterocycles. The summed E-state index contributed by atoms with van der Waals surface area (Å²) in [5, 5.41) is 9.28. The Labute approximate surface area is 215 Å². The molecule has 0 saturated carbocycles. The maximum Gasteiger partial charge on any atom is 0.329 e. The van der Waals surface area contributed by atoms with Crippen LogP contribution in [0, 0.1) is 0 Å². The molecular weight excluding hydrogens is 472 g/mol. The molecule has 0 radical (unpaired) electrons. The summed E-state index contributed by atoms with van der Waals surface area (Å²) in [6.45, 7) is 3.78. The molecule has 9 heteroatoms. The van der Waals surface area contributed by atoms with Crippen molar-refractivity contribution in [1.82, 2.24) is 5.43 Å². The number of nitrogens with zero attached hydrogens (tertiary/aromatic N) is 1. The highest BCUT2D eigenvalue weighted by molar-refractivity contribution is 6.39. The Balaban J connectivity index is 1.54. The van der Waals surface area contributed by atoms with E-state index in [9.17, 15) is 14.4 Å². The molecule has 3 aromatic rings. The van der Waals surface area contributed by atoms with Crippen molar-refractivity contribution in [2.45, 2.75) is 26.7 Å². The zero-order valence-corrected chi connectivity index (χ0v) is 21.0. The van der Waals surface area contributed by atoms with Gasteiger partial charge >= 0.3 is 11.8 Å². The van der Waals surface area contributed by atoms with Crippen LogP contribution in [0.15, 0.2) is 71.8 Å². The van der Waals surface area contributed by atoms with Crippen LogP contribution < -0.4 is 25.5 Å². The summed E-state index contributed by atoms with van der Waals surface area (Å²) in [4.78, 5) is 36.7. The van der Waals surface area contributed by atoms with Crippen LogP contribution in [0.1, 0.15) is 30.5 Å². The van der Waals surface area contributed by atoms with Crippen molar-refractivity contribution in [3.05, 3.63) is 83.4 Å². The number of nitrogens with one attached hydrogen (secondary N) is 3. The van der Waals surface area contributed by atoms with Crippen molar-refractivity contribution in [2.75, 3.05) is 24.4 Å². The molecule has 3 rings (SSSR count). The van der Waals surface area contributed by atoms with Crippen LogP contribution in [0.4, 0.5) is 11.4 Å². The third-order valence-electron chi connectivity index (χ3n) is 5.45. The minimum Gasteiger partial charge on any atom is -0.493 e. The van der Waals surface area contributed by atoms with Gasteiger partial charge in [-0.15, -0.1) is 0 Å². The average molecular weight is 503 g/mol. The van der Waals surface area contributed by atoms with Crippen LogP contribution in [-0.4, -0.2) is 37.7 Å². The normalized spacial score (nSPS) is 10.6. The van der Waals surface area contributed by atoms with E-state index < -0.39 is 11.8 Å². The maximum atomic E-state index is 12.4. The largest absolute Gasteiger partial charge is 0.493 e. The fourth-order valence-corrected chi connectivity index (χ4v) is 3.51. The Morgan fingerprint density at radius 2 is 1.43 bits per heavy atom. The third-order valence-corrected chi connectivity index (χ3v) is 5.45. The Hall–Kier alpha value is -4.66. The highest BCUT2D eigenvalue weighted by Crippen LogP contribution is 2.27. The van der Waals surface area contributed by atoms with E-state index in [-0.39, 0.29) is 12.5 Å². The van der Waals surface area contributed by atoms with E-state index in [2.05, 4.69) is 21.2 Å². The predicted molar refractivity (Wildman–Crippen MR) is 143 cm³/mol. The lowest BCUT2D eigenvalue weighted by atomic mass is 10.1. The Morgan fingerprint density at radius 1 is 0.811 bits per heavy atom. The van der Waals surface area contributed by atoms with Crippen molar-refractivity contribution in [2.24, 2.45) is 5.10 Å². The van der Waals surface area contributed by atoms with E-state index in [0.29, 0.717) is 22.7 Å². The standard InChI is InChI=1S/C28H30N4O5/c1-4-20-10-6-8-12-22(20)30-26(33)18-37-24-15-14-19(16-25(24)36-3)17-29-32-28(35)27(34)31-23-13-9-7-11-21(23)5-2/h6-17H,4-5,18H2,1-3H3,(H,30,33)(H,31,34)(H,32,35)/b29-17-. The van der Waals surface area contributed by atoms with Gasteiger partial charge < -0.3 is 20.1 Å². The molecule has 0 aliphatic rings. The number of aryl methyl sites for hydroxylation is 2. The van der Waals surface area contributed by atoms with Gasteiger partial charge in [0.25, 0.3) is 5.91 Å². The Bertz CT molecular complexity index is 1290. The molecule has 3 aromatic carbocycles. The highest BCUT2D eigenvalue weighted by atomic mass is 16.5. The molecule has 0 saturated heterocycles. The molecule has 0 atom stereocenters. The second-order valence-electron chi connectivity index (χ2n) is 7.92. The summed E-state index contributed by atoms with van der Waals surface area (Å²) in [7, 11) is 1.47. The van der Waals surface area contributed by atoms with E-state index in [4.69, 9.17) is 9.47 Å². The lowest BCUT2D eigenvalue weighted by Gasteiger charge is -2.13. The first-order chi connectivity index (χ1) is 17.9. The molecule has 0 aromatic heterocycles. The number of hydrazone groups is 1. The van der Waals surface area contributed by atoms with Gasteiger partial charge in [0.15, 0.2) is 18.1 Å². The smallest absolute Gasteiger partial charge is 0.329 e. The van der Waals surface area contributed by atoms with Gasteiger partial charge in [0.05, 0.1) is 13.3 Å².